The van der Waals surface area contributed by atoms with Crippen LogP contribution in [0.15, 0.2) is 66.2 Å². The maximum absolute atomic E-state index is 13.6. The van der Waals surface area contributed by atoms with Gasteiger partial charge in [-0.2, -0.15) is 13.2 Å². The molecule has 0 N–H and O–H groups in total. The minimum Gasteiger partial charge on any atom is -0.165 e. The first kappa shape index (κ1) is 17.9. The first-order valence-corrected chi connectivity index (χ1v) is 7.95. The molecular weight excluding hydrogens is 309 g/mol. The van der Waals surface area contributed by atoms with Crippen LogP contribution < -0.4 is 0 Å². The van der Waals surface area contributed by atoms with E-state index in [-0.39, 0.29) is 5.57 Å². The van der Waals surface area contributed by atoms with Crippen molar-refractivity contribution in [2.45, 2.75) is 32.4 Å². The largest absolute Gasteiger partial charge is 0.424 e. The normalized spacial score (nSPS) is 12.2. The Kier molecular flexibility index (Phi) is 6.26. The van der Waals surface area contributed by atoms with Crippen LogP contribution in [0.25, 0.3) is 5.57 Å². The highest BCUT2D eigenvalue weighted by atomic mass is 19.4. The van der Waals surface area contributed by atoms with Crippen molar-refractivity contribution in [3.05, 3.63) is 77.4 Å². The first-order chi connectivity index (χ1) is 11.5. The zero-order valence-corrected chi connectivity index (χ0v) is 13.5. The average Bonchev–Trinajstić information content (AvgIpc) is 2.58. The molecule has 24 heavy (non-hydrogen) atoms. The summed E-state index contributed by atoms with van der Waals surface area (Å²) in [6, 6.07) is 17.4. The number of unbranched alkanes of at least 4 members (excludes halogenated alkanes) is 1. The molecule has 0 saturated carbocycles. The van der Waals surface area contributed by atoms with Crippen LogP contribution in [0.3, 0.4) is 0 Å². The van der Waals surface area contributed by atoms with E-state index in [1.165, 1.54) is 0 Å². The highest BCUT2D eigenvalue weighted by Crippen LogP contribution is 2.34. The van der Waals surface area contributed by atoms with E-state index in [4.69, 9.17) is 0 Å². The second-order valence-electron chi connectivity index (χ2n) is 5.44. The van der Waals surface area contributed by atoms with Gasteiger partial charge in [-0.3, -0.25) is 0 Å². The van der Waals surface area contributed by atoms with Gasteiger partial charge in [0.15, 0.2) is 0 Å². The summed E-state index contributed by atoms with van der Waals surface area (Å²) >= 11 is 0. The predicted octanol–water partition coefficient (Wildman–Crippen LogP) is 6.24. The fourth-order valence-electron chi connectivity index (χ4n) is 2.38. The van der Waals surface area contributed by atoms with Crippen LogP contribution in [-0.4, -0.2) is 6.18 Å². The van der Waals surface area contributed by atoms with Gasteiger partial charge >= 0.3 is 6.18 Å². The van der Waals surface area contributed by atoms with Crippen molar-refractivity contribution in [1.82, 2.24) is 0 Å². The number of benzene rings is 2. The molecule has 0 aliphatic heterocycles. The van der Waals surface area contributed by atoms with Gasteiger partial charge in [0.25, 0.3) is 0 Å². The molecule has 3 heteroatoms. The highest BCUT2D eigenvalue weighted by molar-refractivity contribution is 5.74. The van der Waals surface area contributed by atoms with Crippen molar-refractivity contribution in [2.24, 2.45) is 0 Å². The van der Waals surface area contributed by atoms with Crippen molar-refractivity contribution in [2.75, 3.05) is 0 Å². The molecule has 0 bridgehead atoms. The molecule has 0 unspecified atom stereocenters. The van der Waals surface area contributed by atoms with Crippen molar-refractivity contribution in [1.29, 1.82) is 0 Å². The summed E-state index contributed by atoms with van der Waals surface area (Å²) < 4.78 is 40.9. The molecule has 0 fully saturated rings. The first-order valence-electron chi connectivity index (χ1n) is 7.95. The molecule has 0 saturated heterocycles. The molecule has 0 radical (unpaired) electrons. The molecule has 2 rings (SSSR count). The van der Waals surface area contributed by atoms with Gasteiger partial charge in [0.2, 0.25) is 0 Å². The van der Waals surface area contributed by atoms with Crippen LogP contribution in [0.5, 0.6) is 0 Å². The lowest BCUT2D eigenvalue weighted by atomic mass is 9.94. The Hall–Kier alpha value is -2.47. The summed E-state index contributed by atoms with van der Waals surface area (Å²) in [5.74, 6) is 5.04. The summed E-state index contributed by atoms with van der Waals surface area (Å²) in [5, 5.41) is 0. The second kappa shape index (κ2) is 8.40. The maximum Gasteiger partial charge on any atom is 0.424 e. The van der Waals surface area contributed by atoms with Gasteiger partial charge in [-0.05, 0) is 36.1 Å². The Labute approximate surface area is 141 Å². The van der Waals surface area contributed by atoms with E-state index in [1.807, 2.05) is 13.0 Å². The molecule has 0 nitrogen and oxygen atoms in total. The predicted molar refractivity (Wildman–Crippen MR) is 92.3 cm³/mol. The lowest BCUT2D eigenvalue weighted by Crippen LogP contribution is -2.13. The summed E-state index contributed by atoms with van der Waals surface area (Å²) in [4.78, 5) is 0. The van der Waals surface area contributed by atoms with Gasteiger partial charge in [-0.1, -0.05) is 73.7 Å². The zero-order valence-electron chi connectivity index (χ0n) is 13.5. The van der Waals surface area contributed by atoms with Gasteiger partial charge < -0.3 is 0 Å². The Bertz CT molecular complexity index is 729. The molecule has 0 spiro atoms. The van der Waals surface area contributed by atoms with Crippen molar-refractivity contribution >= 4 is 5.57 Å². The summed E-state index contributed by atoms with van der Waals surface area (Å²) in [7, 11) is 0. The molecule has 0 aromatic heterocycles. The maximum atomic E-state index is 13.6. The molecule has 0 atom stereocenters. The lowest BCUT2D eigenvalue weighted by Gasteiger charge is -2.14. The van der Waals surface area contributed by atoms with E-state index in [0.29, 0.717) is 24.0 Å². The Morgan fingerprint density at radius 1 is 0.917 bits per heavy atom. The molecule has 0 heterocycles. The van der Waals surface area contributed by atoms with Gasteiger partial charge in [0, 0.05) is 5.56 Å². The summed E-state index contributed by atoms with van der Waals surface area (Å²) in [5.41, 5.74) is 0.683. The van der Waals surface area contributed by atoms with Crippen LogP contribution in [0, 0.1) is 11.8 Å². The van der Waals surface area contributed by atoms with Crippen LogP contribution in [0.1, 0.15) is 37.3 Å². The van der Waals surface area contributed by atoms with Crippen LogP contribution in [-0.2, 0) is 0 Å². The van der Waals surface area contributed by atoms with Crippen LogP contribution in [0.4, 0.5) is 13.2 Å². The van der Waals surface area contributed by atoms with Crippen molar-refractivity contribution in [3.8, 4) is 11.8 Å². The van der Waals surface area contributed by atoms with E-state index in [1.54, 1.807) is 54.6 Å². The SMILES string of the molecule is CCCC/C(=C(/C#Cc1ccccc1)C(F)(F)F)c1ccccc1. The zero-order chi connectivity index (χ0) is 17.4. The van der Waals surface area contributed by atoms with Crippen LogP contribution in [0.2, 0.25) is 0 Å². The molecule has 0 aliphatic rings. The number of hydrogen-bond acceptors (Lipinski definition) is 0. The Morgan fingerprint density at radius 3 is 2.04 bits per heavy atom. The number of halogens is 3. The molecule has 124 valence electrons. The van der Waals surface area contributed by atoms with Crippen molar-refractivity contribution in [3.63, 3.8) is 0 Å². The van der Waals surface area contributed by atoms with Gasteiger partial charge in [0.05, 0.1) is 0 Å². The van der Waals surface area contributed by atoms with E-state index < -0.39 is 11.7 Å². The van der Waals surface area contributed by atoms with E-state index in [0.717, 1.165) is 6.42 Å². The van der Waals surface area contributed by atoms with Gasteiger partial charge in [-0.15, -0.1) is 0 Å². The Morgan fingerprint density at radius 2 is 1.50 bits per heavy atom. The lowest BCUT2D eigenvalue weighted by molar-refractivity contribution is -0.0867. The van der Waals surface area contributed by atoms with E-state index >= 15 is 0 Å². The third kappa shape index (κ3) is 5.03. The fraction of sp³-hybridized carbons (Fsp3) is 0.238. The van der Waals surface area contributed by atoms with E-state index in [9.17, 15) is 13.2 Å². The van der Waals surface area contributed by atoms with Gasteiger partial charge in [-0.25, -0.2) is 0 Å². The summed E-state index contributed by atoms with van der Waals surface area (Å²) in [6.45, 7) is 1.96. The highest BCUT2D eigenvalue weighted by Gasteiger charge is 2.35. The minimum absolute atomic E-state index is 0.272. The number of alkyl halides is 3. The summed E-state index contributed by atoms with van der Waals surface area (Å²) in [6.07, 6.45) is -2.59. The fourth-order valence-corrected chi connectivity index (χ4v) is 2.38. The Balaban J connectivity index is 2.55. The quantitative estimate of drug-likeness (QED) is 0.582. The monoisotopic (exact) mass is 328 g/mol. The van der Waals surface area contributed by atoms with Crippen molar-refractivity contribution < 1.29 is 13.2 Å². The number of allylic oxidation sites excluding steroid dienone is 2. The van der Waals surface area contributed by atoms with Crippen LogP contribution >= 0.6 is 0 Å². The molecular formula is C21H19F3. The minimum atomic E-state index is -4.47. The van der Waals surface area contributed by atoms with Gasteiger partial charge in [0.1, 0.15) is 5.57 Å². The molecule has 0 aliphatic carbocycles. The molecule has 2 aromatic rings. The third-order valence-electron chi connectivity index (χ3n) is 3.59. The smallest absolute Gasteiger partial charge is 0.165 e. The molecule has 0 amide bonds. The number of hydrogen-bond donors (Lipinski definition) is 0. The standard InChI is InChI=1S/C21H19F3/c1-2-3-14-19(18-12-8-5-9-13-18)20(21(22,23)24)16-15-17-10-6-4-7-11-17/h4-13H,2-3,14H2,1H3/b20-19+. The topological polar surface area (TPSA) is 0 Å². The number of rotatable bonds is 4. The molecule has 2 aromatic carbocycles. The second-order valence-corrected chi connectivity index (χ2v) is 5.44. The van der Waals surface area contributed by atoms with E-state index in [2.05, 4.69) is 11.8 Å². The third-order valence-corrected chi connectivity index (χ3v) is 3.59. The average molecular weight is 328 g/mol.